The summed E-state index contributed by atoms with van der Waals surface area (Å²) < 4.78 is 18.0. The number of para-hydroxylation sites is 2. The predicted molar refractivity (Wildman–Crippen MR) is 123 cm³/mol. The van der Waals surface area contributed by atoms with Crippen molar-refractivity contribution in [3.63, 3.8) is 0 Å². The molecule has 9 heteroatoms. The quantitative estimate of drug-likeness (QED) is 0.429. The molecule has 0 radical (unpaired) electrons. The van der Waals surface area contributed by atoms with Crippen molar-refractivity contribution in [3.8, 4) is 22.9 Å². The first-order chi connectivity index (χ1) is 16.0. The molecule has 0 saturated heterocycles. The van der Waals surface area contributed by atoms with Gasteiger partial charge in [-0.25, -0.2) is 4.98 Å². The van der Waals surface area contributed by atoms with Gasteiger partial charge in [-0.2, -0.15) is 0 Å². The Morgan fingerprint density at radius 2 is 1.67 bits per heavy atom. The number of amides is 2. The van der Waals surface area contributed by atoms with Gasteiger partial charge in [0.15, 0.2) is 18.1 Å². The van der Waals surface area contributed by atoms with E-state index in [0.29, 0.717) is 11.3 Å². The van der Waals surface area contributed by atoms with E-state index >= 15 is 0 Å². The number of anilines is 1. The van der Waals surface area contributed by atoms with Crippen LogP contribution in [0, 0.1) is 0 Å². The van der Waals surface area contributed by atoms with Crippen LogP contribution in [0.5, 0.6) is 17.2 Å². The van der Waals surface area contributed by atoms with E-state index in [0.717, 1.165) is 16.7 Å². The van der Waals surface area contributed by atoms with Gasteiger partial charge in [-0.3, -0.25) is 14.2 Å². The monoisotopic (exact) mass is 446 g/mol. The molecule has 0 aliphatic heterocycles. The van der Waals surface area contributed by atoms with Gasteiger partial charge in [-0.15, -0.1) is 0 Å². The molecule has 0 unspecified atom stereocenters. The fourth-order valence-electron chi connectivity index (χ4n) is 3.37. The number of hydrogen-bond donors (Lipinski definition) is 2. The van der Waals surface area contributed by atoms with E-state index < -0.39 is 5.91 Å². The number of aromatic nitrogens is 2. The minimum absolute atomic E-state index is 0.187. The Bertz CT molecular complexity index is 1290. The number of nitrogens with one attached hydrogen (secondary N) is 1. The number of benzene rings is 3. The Balaban J connectivity index is 1.55. The topological polar surface area (TPSA) is 118 Å². The van der Waals surface area contributed by atoms with Gasteiger partial charge in [0.1, 0.15) is 6.33 Å². The van der Waals surface area contributed by atoms with Gasteiger partial charge in [0.05, 0.1) is 25.3 Å². The highest BCUT2D eigenvalue weighted by Crippen LogP contribution is 2.38. The molecule has 0 aliphatic carbocycles. The molecular weight excluding hydrogens is 424 g/mol. The second kappa shape index (κ2) is 9.31. The molecule has 33 heavy (non-hydrogen) atoms. The standard InChI is InChI=1S/C24H22N4O5/c1-31-20-11-15(12-21(32-2)23(20)33-13-22(25)29)24(30)27-16-7-9-17(10-8-16)28-14-26-18-5-3-4-6-19(18)28/h3-12,14H,13H2,1-2H3,(H2,25,29)(H,27,30). The molecule has 1 heterocycles. The van der Waals surface area contributed by atoms with E-state index in [4.69, 9.17) is 19.9 Å². The molecule has 0 saturated carbocycles. The highest BCUT2D eigenvalue weighted by atomic mass is 16.5. The molecule has 0 fully saturated rings. The summed E-state index contributed by atoms with van der Waals surface area (Å²) in [6, 6.07) is 18.3. The largest absolute Gasteiger partial charge is 0.493 e. The van der Waals surface area contributed by atoms with Crippen molar-refractivity contribution < 1.29 is 23.8 Å². The molecule has 0 atom stereocenters. The minimum atomic E-state index is -0.645. The number of imidazole rings is 1. The summed E-state index contributed by atoms with van der Waals surface area (Å²) in [5.41, 5.74) is 8.86. The number of carbonyl (C=O) groups is 2. The van der Waals surface area contributed by atoms with Crippen LogP contribution < -0.4 is 25.3 Å². The molecule has 0 spiro atoms. The fraction of sp³-hybridized carbons (Fsp3) is 0.125. The van der Waals surface area contributed by atoms with E-state index in [9.17, 15) is 9.59 Å². The van der Waals surface area contributed by atoms with E-state index in [1.54, 1.807) is 18.5 Å². The average molecular weight is 446 g/mol. The van der Waals surface area contributed by atoms with Gasteiger partial charge in [-0.05, 0) is 48.5 Å². The second-order valence-electron chi connectivity index (χ2n) is 7.07. The zero-order chi connectivity index (χ0) is 23.4. The Labute approximate surface area is 189 Å². The van der Waals surface area contributed by atoms with Crippen LogP contribution in [-0.4, -0.2) is 42.2 Å². The third-order valence-corrected chi connectivity index (χ3v) is 4.94. The highest BCUT2D eigenvalue weighted by molar-refractivity contribution is 6.05. The summed E-state index contributed by atoms with van der Waals surface area (Å²) in [5, 5.41) is 2.85. The predicted octanol–water partition coefficient (Wildman–Crippen LogP) is 3.16. The number of rotatable bonds is 8. The van der Waals surface area contributed by atoms with Gasteiger partial charge >= 0.3 is 0 Å². The number of primary amides is 1. The van der Waals surface area contributed by atoms with Crippen LogP contribution in [0.1, 0.15) is 10.4 Å². The lowest BCUT2D eigenvalue weighted by atomic mass is 10.1. The van der Waals surface area contributed by atoms with Crippen molar-refractivity contribution in [3.05, 3.63) is 72.6 Å². The highest BCUT2D eigenvalue weighted by Gasteiger charge is 2.18. The fourth-order valence-corrected chi connectivity index (χ4v) is 3.37. The van der Waals surface area contributed by atoms with Gasteiger partial charge in [0.25, 0.3) is 11.8 Å². The molecule has 4 rings (SSSR count). The Kier molecular flexibility index (Phi) is 6.12. The van der Waals surface area contributed by atoms with E-state index in [1.807, 2.05) is 41.0 Å². The van der Waals surface area contributed by atoms with E-state index in [-0.39, 0.29) is 29.8 Å². The number of nitrogens with two attached hydrogens (primary N) is 1. The summed E-state index contributed by atoms with van der Waals surface area (Å²) >= 11 is 0. The maximum absolute atomic E-state index is 12.9. The van der Waals surface area contributed by atoms with Gasteiger partial charge in [0.2, 0.25) is 5.75 Å². The van der Waals surface area contributed by atoms with Gasteiger partial charge in [0, 0.05) is 16.9 Å². The maximum Gasteiger partial charge on any atom is 0.255 e. The Morgan fingerprint density at radius 3 is 2.30 bits per heavy atom. The van der Waals surface area contributed by atoms with Crippen LogP contribution in [0.15, 0.2) is 67.0 Å². The third kappa shape index (κ3) is 4.57. The molecule has 3 aromatic carbocycles. The first kappa shape index (κ1) is 21.7. The van der Waals surface area contributed by atoms with Gasteiger partial charge < -0.3 is 25.3 Å². The van der Waals surface area contributed by atoms with Crippen LogP contribution in [0.3, 0.4) is 0 Å². The summed E-state index contributed by atoms with van der Waals surface area (Å²) in [6.45, 7) is -0.350. The Hall–Kier alpha value is -4.53. The second-order valence-corrected chi connectivity index (χ2v) is 7.07. The zero-order valence-electron chi connectivity index (χ0n) is 18.1. The number of carbonyl (C=O) groups excluding carboxylic acids is 2. The normalized spacial score (nSPS) is 10.6. The third-order valence-electron chi connectivity index (χ3n) is 4.94. The molecule has 4 aromatic rings. The van der Waals surface area contributed by atoms with Crippen LogP contribution in [0.2, 0.25) is 0 Å². The molecule has 168 valence electrons. The van der Waals surface area contributed by atoms with Crippen molar-refractivity contribution in [1.82, 2.24) is 9.55 Å². The van der Waals surface area contributed by atoms with Crippen LogP contribution in [0.25, 0.3) is 16.7 Å². The Morgan fingerprint density at radius 1 is 1.00 bits per heavy atom. The van der Waals surface area contributed by atoms with Crippen LogP contribution in [0.4, 0.5) is 5.69 Å². The molecule has 9 nitrogen and oxygen atoms in total. The molecule has 0 bridgehead atoms. The summed E-state index contributed by atoms with van der Waals surface area (Å²) in [4.78, 5) is 28.3. The van der Waals surface area contributed by atoms with Gasteiger partial charge in [-0.1, -0.05) is 12.1 Å². The first-order valence-electron chi connectivity index (χ1n) is 10.0. The number of hydrogen-bond acceptors (Lipinski definition) is 6. The van der Waals surface area contributed by atoms with E-state index in [2.05, 4.69) is 10.3 Å². The molecule has 0 aliphatic rings. The smallest absolute Gasteiger partial charge is 0.255 e. The summed E-state index contributed by atoms with van der Waals surface area (Å²) in [6.07, 6.45) is 1.76. The molecule has 2 amide bonds. The number of nitrogens with zero attached hydrogens (tertiary/aromatic N) is 2. The summed E-state index contributed by atoms with van der Waals surface area (Å²) in [5.74, 6) is -0.347. The zero-order valence-corrected chi connectivity index (χ0v) is 18.1. The summed E-state index contributed by atoms with van der Waals surface area (Å²) in [7, 11) is 2.85. The van der Waals surface area contributed by atoms with E-state index in [1.165, 1.54) is 26.4 Å². The SMILES string of the molecule is COc1cc(C(=O)Nc2ccc(-n3cnc4ccccc43)cc2)cc(OC)c1OCC(N)=O. The lowest BCUT2D eigenvalue weighted by Gasteiger charge is -2.15. The number of fused-ring (bicyclic) bond motifs is 1. The number of ether oxygens (including phenoxy) is 3. The van der Waals surface area contributed by atoms with Crippen LogP contribution >= 0.6 is 0 Å². The van der Waals surface area contributed by atoms with Crippen molar-refractivity contribution in [2.45, 2.75) is 0 Å². The average Bonchev–Trinajstić information content (AvgIpc) is 3.26. The molecule has 1 aromatic heterocycles. The minimum Gasteiger partial charge on any atom is -0.493 e. The van der Waals surface area contributed by atoms with Crippen molar-refractivity contribution >= 4 is 28.5 Å². The molecular formula is C24H22N4O5. The van der Waals surface area contributed by atoms with Crippen molar-refractivity contribution in [2.24, 2.45) is 5.73 Å². The van der Waals surface area contributed by atoms with Crippen LogP contribution in [-0.2, 0) is 4.79 Å². The van der Waals surface area contributed by atoms with Crippen molar-refractivity contribution in [1.29, 1.82) is 0 Å². The molecule has 3 N–H and O–H groups in total. The number of methoxy groups -OCH3 is 2. The first-order valence-corrected chi connectivity index (χ1v) is 10.0. The maximum atomic E-state index is 12.9. The lowest BCUT2D eigenvalue weighted by Crippen LogP contribution is -2.20. The lowest BCUT2D eigenvalue weighted by molar-refractivity contribution is -0.120. The van der Waals surface area contributed by atoms with Crippen molar-refractivity contribution in [2.75, 3.05) is 26.1 Å².